The lowest BCUT2D eigenvalue weighted by Crippen LogP contribution is -1.92. The minimum Gasteiger partial charge on any atom is -0.455 e. The Morgan fingerprint density at radius 3 is 2.62 bits per heavy atom. The molecular formula is C18H15N3O3. The van der Waals surface area contributed by atoms with Gasteiger partial charge in [-0.3, -0.25) is 15.5 Å². The van der Waals surface area contributed by atoms with Crippen LogP contribution in [0, 0.1) is 17.0 Å². The summed E-state index contributed by atoms with van der Waals surface area (Å²) in [5, 5.41) is 15.2. The maximum Gasteiger partial charge on any atom is 0.280 e. The van der Waals surface area contributed by atoms with Crippen LogP contribution in [0.4, 0.5) is 11.4 Å². The minimum absolute atomic E-state index is 0.00775. The molecule has 3 aromatic rings. The van der Waals surface area contributed by atoms with E-state index in [9.17, 15) is 10.1 Å². The number of nitrogens with zero attached hydrogens (tertiary/aromatic N) is 2. The first-order chi connectivity index (χ1) is 11.6. The molecule has 6 nitrogen and oxygen atoms in total. The fourth-order valence-electron chi connectivity index (χ4n) is 2.27. The lowest BCUT2D eigenvalue weighted by Gasteiger charge is -2.02. The predicted molar refractivity (Wildman–Crippen MR) is 93.2 cm³/mol. The Balaban J connectivity index is 1.78. The maximum atomic E-state index is 11.1. The number of hydrogen-bond acceptors (Lipinski definition) is 5. The molecule has 1 aromatic heterocycles. The summed E-state index contributed by atoms with van der Waals surface area (Å²) in [5.41, 5.74) is 5.37. The quantitative estimate of drug-likeness (QED) is 0.423. The van der Waals surface area contributed by atoms with Crippen LogP contribution in [0.5, 0.6) is 0 Å². The van der Waals surface area contributed by atoms with Crippen LogP contribution in [-0.4, -0.2) is 11.1 Å². The summed E-state index contributed by atoms with van der Waals surface area (Å²) >= 11 is 0. The van der Waals surface area contributed by atoms with E-state index in [1.807, 2.05) is 31.2 Å². The summed E-state index contributed by atoms with van der Waals surface area (Å²) in [5.74, 6) is 0.934. The van der Waals surface area contributed by atoms with Crippen LogP contribution in [0.1, 0.15) is 11.3 Å². The zero-order valence-corrected chi connectivity index (χ0v) is 13.0. The van der Waals surface area contributed by atoms with E-state index in [4.69, 9.17) is 4.42 Å². The Labute approximate surface area is 138 Å². The molecule has 0 saturated heterocycles. The number of furan rings is 1. The van der Waals surface area contributed by atoms with Gasteiger partial charge in [0.05, 0.1) is 22.4 Å². The first-order valence-corrected chi connectivity index (χ1v) is 7.33. The SMILES string of the molecule is Cc1ccccc1N/N=C/c1ccc(-c2ccccc2[N+](=O)[O-])o1. The first kappa shape index (κ1) is 15.5. The van der Waals surface area contributed by atoms with Crippen LogP contribution in [-0.2, 0) is 0 Å². The van der Waals surface area contributed by atoms with Crippen molar-refractivity contribution in [1.82, 2.24) is 0 Å². The van der Waals surface area contributed by atoms with Crippen LogP contribution >= 0.6 is 0 Å². The molecule has 0 saturated carbocycles. The number of hydrazone groups is 1. The van der Waals surface area contributed by atoms with E-state index >= 15 is 0 Å². The molecule has 0 amide bonds. The third-order valence-electron chi connectivity index (χ3n) is 3.51. The normalized spacial score (nSPS) is 10.9. The number of para-hydroxylation sites is 2. The van der Waals surface area contributed by atoms with Crippen LogP contribution < -0.4 is 5.43 Å². The highest BCUT2D eigenvalue weighted by Crippen LogP contribution is 2.30. The Morgan fingerprint density at radius 1 is 1.08 bits per heavy atom. The molecule has 120 valence electrons. The van der Waals surface area contributed by atoms with E-state index in [1.54, 1.807) is 30.3 Å². The molecule has 0 aliphatic rings. The topological polar surface area (TPSA) is 80.7 Å². The highest BCUT2D eigenvalue weighted by Gasteiger charge is 2.16. The summed E-state index contributed by atoms with van der Waals surface area (Å²) in [6, 6.07) is 17.7. The van der Waals surface area contributed by atoms with Crippen molar-refractivity contribution >= 4 is 17.6 Å². The largest absolute Gasteiger partial charge is 0.455 e. The zero-order chi connectivity index (χ0) is 16.9. The van der Waals surface area contributed by atoms with Crippen molar-refractivity contribution in [3.8, 4) is 11.3 Å². The second-order valence-electron chi connectivity index (χ2n) is 5.16. The highest BCUT2D eigenvalue weighted by molar-refractivity contribution is 5.79. The Morgan fingerprint density at radius 2 is 1.83 bits per heavy atom. The third-order valence-corrected chi connectivity index (χ3v) is 3.51. The maximum absolute atomic E-state index is 11.1. The molecule has 0 unspecified atom stereocenters. The van der Waals surface area contributed by atoms with Crippen molar-refractivity contribution in [2.45, 2.75) is 6.92 Å². The van der Waals surface area contributed by atoms with Crippen molar-refractivity contribution in [3.63, 3.8) is 0 Å². The smallest absolute Gasteiger partial charge is 0.280 e. The van der Waals surface area contributed by atoms with E-state index in [2.05, 4.69) is 10.5 Å². The number of aryl methyl sites for hydroxylation is 1. The molecule has 1 heterocycles. The van der Waals surface area contributed by atoms with Crippen molar-refractivity contribution in [1.29, 1.82) is 0 Å². The average molecular weight is 321 g/mol. The van der Waals surface area contributed by atoms with Gasteiger partial charge in [-0.05, 0) is 36.8 Å². The summed E-state index contributed by atoms with van der Waals surface area (Å²) in [6.07, 6.45) is 1.53. The first-order valence-electron chi connectivity index (χ1n) is 7.33. The predicted octanol–water partition coefficient (Wildman–Crippen LogP) is 4.61. The number of hydrogen-bond donors (Lipinski definition) is 1. The second-order valence-corrected chi connectivity index (χ2v) is 5.16. The van der Waals surface area contributed by atoms with Gasteiger partial charge < -0.3 is 4.42 Å². The molecule has 0 spiro atoms. The van der Waals surface area contributed by atoms with Gasteiger partial charge in [0.1, 0.15) is 11.5 Å². The van der Waals surface area contributed by atoms with Crippen molar-refractivity contribution < 1.29 is 9.34 Å². The monoisotopic (exact) mass is 321 g/mol. The Bertz CT molecular complexity index is 900. The molecule has 6 heteroatoms. The molecule has 3 rings (SSSR count). The van der Waals surface area contributed by atoms with Gasteiger partial charge >= 0.3 is 0 Å². The average Bonchev–Trinajstić information content (AvgIpc) is 3.05. The van der Waals surface area contributed by atoms with Gasteiger partial charge in [-0.15, -0.1) is 0 Å². The molecule has 0 bridgehead atoms. The fourth-order valence-corrected chi connectivity index (χ4v) is 2.27. The summed E-state index contributed by atoms with van der Waals surface area (Å²) in [4.78, 5) is 10.7. The van der Waals surface area contributed by atoms with Crippen LogP contribution in [0.25, 0.3) is 11.3 Å². The van der Waals surface area contributed by atoms with Crippen molar-refractivity contribution in [3.05, 3.63) is 82.1 Å². The number of anilines is 1. The molecule has 0 atom stereocenters. The van der Waals surface area contributed by atoms with Gasteiger partial charge in [-0.1, -0.05) is 30.3 Å². The van der Waals surface area contributed by atoms with E-state index < -0.39 is 4.92 Å². The Kier molecular flexibility index (Phi) is 4.38. The number of nitrogens with one attached hydrogen (secondary N) is 1. The zero-order valence-electron chi connectivity index (χ0n) is 13.0. The van der Waals surface area contributed by atoms with E-state index in [0.717, 1.165) is 11.3 Å². The second kappa shape index (κ2) is 6.78. The summed E-state index contributed by atoms with van der Waals surface area (Å²) in [7, 11) is 0. The standard InChI is InChI=1S/C18H15N3O3/c1-13-6-2-4-8-16(13)20-19-12-14-10-11-18(24-14)15-7-3-5-9-17(15)21(22)23/h2-12,20H,1H3/b19-12+. The number of nitro benzene ring substituents is 1. The van der Waals surface area contributed by atoms with Crippen LogP contribution in [0.15, 0.2) is 70.2 Å². The summed E-state index contributed by atoms with van der Waals surface area (Å²) < 4.78 is 5.63. The number of rotatable bonds is 5. The van der Waals surface area contributed by atoms with Gasteiger partial charge in [0, 0.05) is 6.07 Å². The molecule has 24 heavy (non-hydrogen) atoms. The van der Waals surface area contributed by atoms with E-state index in [0.29, 0.717) is 17.1 Å². The van der Waals surface area contributed by atoms with Gasteiger partial charge in [0.25, 0.3) is 5.69 Å². The minimum atomic E-state index is -0.425. The molecule has 2 aromatic carbocycles. The van der Waals surface area contributed by atoms with Gasteiger partial charge in [-0.2, -0.15) is 5.10 Å². The summed E-state index contributed by atoms with van der Waals surface area (Å²) in [6.45, 7) is 1.98. The van der Waals surface area contributed by atoms with Crippen LogP contribution in [0.2, 0.25) is 0 Å². The lowest BCUT2D eigenvalue weighted by atomic mass is 10.1. The number of nitro groups is 1. The lowest BCUT2D eigenvalue weighted by molar-refractivity contribution is -0.384. The molecule has 0 aliphatic carbocycles. The molecule has 1 N–H and O–H groups in total. The molecular weight excluding hydrogens is 306 g/mol. The van der Waals surface area contributed by atoms with Crippen molar-refractivity contribution in [2.24, 2.45) is 5.10 Å². The van der Waals surface area contributed by atoms with Gasteiger partial charge in [0.15, 0.2) is 0 Å². The van der Waals surface area contributed by atoms with E-state index in [1.165, 1.54) is 12.3 Å². The van der Waals surface area contributed by atoms with E-state index in [-0.39, 0.29) is 5.69 Å². The highest BCUT2D eigenvalue weighted by atomic mass is 16.6. The Hall–Kier alpha value is -3.41. The molecule has 0 aliphatic heterocycles. The van der Waals surface area contributed by atoms with Gasteiger partial charge in [-0.25, -0.2) is 0 Å². The van der Waals surface area contributed by atoms with Crippen LogP contribution in [0.3, 0.4) is 0 Å². The number of benzene rings is 2. The fraction of sp³-hybridized carbons (Fsp3) is 0.0556. The van der Waals surface area contributed by atoms with Crippen molar-refractivity contribution in [2.75, 3.05) is 5.43 Å². The third kappa shape index (κ3) is 3.33. The molecule has 0 radical (unpaired) electrons. The molecule has 0 fully saturated rings. The van der Waals surface area contributed by atoms with Gasteiger partial charge in [0.2, 0.25) is 0 Å².